The lowest BCUT2D eigenvalue weighted by Gasteiger charge is -2.11. The number of hydrogen-bond acceptors (Lipinski definition) is 2. The third-order valence-electron chi connectivity index (χ3n) is 3.03. The zero-order valence-corrected chi connectivity index (χ0v) is 9.81. The third-order valence-corrected chi connectivity index (χ3v) is 3.03. The Balaban J connectivity index is 1.75. The van der Waals surface area contributed by atoms with Gasteiger partial charge in [-0.3, -0.25) is 0 Å². The summed E-state index contributed by atoms with van der Waals surface area (Å²) in [4.78, 5) is 0. The van der Waals surface area contributed by atoms with Gasteiger partial charge < -0.3 is 10.6 Å². The second-order valence-electron chi connectivity index (χ2n) is 4.62. The van der Waals surface area contributed by atoms with Crippen molar-refractivity contribution < 1.29 is 0 Å². The molecule has 2 N–H and O–H groups in total. The van der Waals surface area contributed by atoms with Gasteiger partial charge in [0.1, 0.15) is 0 Å². The van der Waals surface area contributed by atoms with Crippen molar-refractivity contribution in [3.8, 4) is 0 Å². The quantitative estimate of drug-likeness (QED) is 0.554. The van der Waals surface area contributed by atoms with Crippen LogP contribution in [-0.2, 0) is 0 Å². The van der Waals surface area contributed by atoms with Crippen molar-refractivity contribution >= 4 is 0 Å². The van der Waals surface area contributed by atoms with E-state index in [1.165, 1.54) is 51.9 Å². The fourth-order valence-electron chi connectivity index (χ4n) is 1.80. The van der Waals surface area contributed by atoms with Gasteiger partial charge in [0.25, 0.3) is 0 Å². The van der Waals surface area contributed by atoms with Gasteiger partial charge in [-0.15, -0.1) is 0 Å². The van der Waals surface area contributed by atoms with Gasteiger partial charge in [0.15, 0.2) is 0 Å². The zero-order chi connectivity index (χ0) is 10.2. The maximum absolute atomic E-state index is 3.54. The minimum Gasteiger partial charge on any atom is -0.317 e. The molecule has 2 nitrogen and oxygen atoms in total. The topological polar surface area (TPSA) is 24.1 Å². The summed E-state index contributed by atoms with van der Waals surface area (Å²) >= 11 is 0. The second kappa shape index (κ2) is 7.24. The molecular formula is C12H26N2. The van der Waals surface area contributed by atoms with Crippen LogP contribution in [0.3, 0.4) is 0 Å². The van der Waals surface area contributed by atoms with Crippen molar-refractivity contribution in [2.75, 3.05) is 26.2 Å². The summed E-state index contributed by atoms with van der Waals surface area (Å²) in [5.41, 5.74) is 0. The summed E-state index contributed by atoms with van der Waals surface area (Å²) in [5, 5.41) is 6.96. The average Bonchev–Trinajstić information content (AvgIpc) is 2.99. The molecule has 0 heterocycles. The van der Waals surface area contributed by atoms with E-state index in [0.29, 0.717) is 0 Å². The van der Waals surface area contributed by atoms with Crippen LogP contribution in [0.15, 0.2) is 0 Å². The molecule has 0 aromatic heterocycles. The van der Waals surface area contributed by atoms with Gasteiger partial charge in [-0.2, -0.15) is 0 Å². The monoisotopic (exact) mass is 198 g/mol. The highest BCUT2D eigenvalue weighted by Crippen LogP contribution is 2.35. The molecule has 0 amide bonds. The molecule has 2 heteroatoms. The highest BCUT2D eigenvalue weighted by molar-refractivity contribution is 4.79. The predicted octanol–water partition coefficient (Wildman–Crippen LogP) is 2.01. The number of rotatable bonds is 9. The fourth-order valence-corrected chi connectivity index (χ4v) is 1.80. The molecule has 0 aromatic carbocycles. The Labute approximate surface area is 88.8 Å². The Hall–Kier alpha value is -0.0800. The van der Waals surface area contributed by atoms with Crippen LogP contribution in [0.5, 0.6) is 0 Å². The summed E-state index contributed by atoms with van der Waals surface area (Å²) in [5.74, 6) is 1.94. The third kappa shape index (κ3) is 5.61. The van der Waals surface area contributed by atoms with Crippen LogP contribution in [-0.4, -0.2) is 26.2 Å². The standard InChI is InChI=1S/C12H26N2/c1-3-7-13-8-4-9-14-10-11(2)12-5-6-12/h11-14H,3-10H2,1-2H3. The largest absolute Gasteiger partial charge is 0.317 e. The van der Waals surface area contributed by atoms with Gasteiger partial charge in [0, 0.05) is 0 Å². The minimum atomic E-state index is 0.901. The molecule has 0 aliphatic heterocycles. The van der Waals surface area contributed by atoms with Crippen molar-refractivity contribution in [2.24, 2.45) is 11.8 Å². The molecule has 84 valence electrons. The lowest BCUT2D eigenvalue weighted by molar-refractivity contribution is 0.456. The molecule has 1 aliphatic carbocycles. The van der Waals surface area contributed by atoms with E-state index >= 15 is 0 Å². The van der Waals surface area contributed by atoms with Crippen molar-refractivity contribution in [3.63, 3.8) is 0 Å². The molecule has 0 radical (unpaired) electrons. The van der Waals surface area contributed by atoms with Crippen molar-refractivity contribution in [2.45, 2.75) is 39.5 Å². The highest BCUT2D eigenvalue weighted by atomic mass is 14.9. The second-order valence-corrected chi connectivity index (χ2v) is 4.62. The number of hydrogen-bond donors (Lipinski definition) is 2. The van der Waals surface area contributed by atoms with Crippen LogP contribution in [0.4, 0.5) is 0 Å². The van der Waals surface area contributed by atoms with E-state index in [9.17, 15) is 0 Å². The van der Waals surface area contributed by atoms with E-state index in [1.54, 1.807) is 0 Å². The van der Waals surface area contributed by atoms with Crippen molar-refractivity contribution in [1.29, 1.82) is 0 Å². The Morgan fingerprint density at radius 2 is 1.86 bits per heavy atom. The molecule has 1 fully saturated rings. The summed E-state index contributed by atoms with van der Waals surface area (Å²) < 4.78 is 0. The van der Waals surface area contributed by atoms with Crippen LogP contribution in [0.25, 0.3) is 0 Å². The van der Waals surface area contributed by atoms with E-state index in [1.807, 2.05) is 0 Å². The summed E-state index contributed by atoms with van der Waals surface area (Å²) in [6.07, 6.45) is 5.45. The lowest BCUT2D eigenvalue weighted by Crippen LogP contribution is -2.26. The molecule has 0 aromatic rings. The van der Waals surface area contributed by atoms with E-state index in [4.69, 9.17) is 0 Å². The molecule has 1 atom stereocenters. The molecule has 1 unspecified atom stereocenters. The first-order chi connectivity index (χ1) is 6.84. The molecule has 14 heavy (non-hydrogen) atoms. The van der Waals surface area contributed by atoms with E-state index < -0.39 is 0 Å². The van der Waals surface area contributed by atoms with Crippen LogP contribution in [0, 0.1) is 11.8 Å². The SMILES string of the molecule is CCCNCCCNCC(C)C1CC1. The van der Waals surface area contributed by atoms with Gasteiger partial charge in [0.2, 0.25) is 0 Å². The van der Waals surface area contributed by atoms with E-state index in [2.05, 4.69) is 24.5 Å². The first kappa shape index (κ1) is 12.0. The summed E-state index contributed by atoms with van der Waals surface area (Å²) in [7, 11) is 0. The maximum Gasteiger partial charge on any atom is -0.00205 e. The molecule has 1 aliphatic rings. The highest BCUT2D eigenvalue weighted by Gasteiger charge is 2.27. The van der Waals surface area contributed by atoms with Crippen LogP contribution < -0.4 is 10.6 Å². The normalized spacial score (nSPS) is 18.4. The van der Waals surface area contributed by atoms with Gasteiger partial charge in [-0.1, -0.05) is 13.8 Å². The van der Waals surface area contributed by atoms with Crippen molar-refractivity contribution in [1.82, 2.24) is 10.6 Å². The fraction of sp³-hybridized carbons (Fsp3) is 1.00. The summed E-state index contributed by atoms with van der Waals surface area (Å²) in [6, 6.07) is 0. The molecule has 0 saturated heterocycles. The molecule has 1 saturated carbocycles. The lowest BCUT2D eigenvalue weighted by atomic mass is 10.1. The molecule has 0 bridgehead atoms. The zero-order valence-electron chi connectivity index (χ0n) is 9.81. The Bertz CT molecular complexity index is 132. The van der Waals surface area contributed by atoms with Crippen LogP contribution in [0.2, 0.25) is 0 Å². The Kier molecular flexibility index (Phi) is 6.20. The Morgan fingerprint density at radius 1 is 1.14 bits per heavy atom. The van der Waals surface area contributed by atoms with E-state index in [-0.39, 0.29) is 0 Å². The molecule has 0 spiro atoms. The summed E-state index contributed by atoms with van der Waals surface area (Å²) in [6.45, 7) is 9.31. The van der Waals surface area contributed by atoms with Crippen molar-refractivity contribution in [3.05, 3.63) is 0 Å². The van der Waals surface area contributed by atoms with Crippen LogP contribution >= 0.6 is 0 Å². The number of nitrogens with one attached hydrogen (secondary N) is 2. The average molecular weight is 198 g/mol. The first-order valence-electron chi connectivity index (χ1n) is 6.26. The Morgan fingerprint density at radius 3 is 2.50 bits per heavy atom. The van der Waals surface area contributed by atoms with Gasteiger partial charge in [-0.05, 0) is 63.7 Å². The van der Waals surface area contributed by atoms with Gasteiger partial charge in [-0.25, -0.2) is 0 Å². The van der Waals surface area contributed by atoms with Crippen LogP contribution in [0.1, 0.15) is 39.5 Å². The smallest absolute Gasteiger partial charge is 0.00205 e. The first-order valence-corrected chi connectivity index (χ1v) is 6.26. The predicted molar refractivity (Wildman–Crippen MR) is 62.5 cm³/mol. The maximum atomic E-state index is 3.54. The van der Waals surface area contributed by atoms with E-state index in [0.717, 1.165) is 11.8 Å². The molecular weight excluding hydrogens is 172 g/mol. The molecule has 1 rings (SSSR count). The van der Waals surface area contributed by atoms with Gasteiger partial charge >= 0.3 is 0 Å². The van der Waals surface area contributed by atoms with Gasteiger partial charge in [0.05, 0.1) is 0 Å². The minimum absolute atomic E-state index is 0.901.